The normalized spacial score (nSPS) is 11.2. The largest absolute Gasteiger partial charge is 0.465 e. The molecule has 24 heavy (non-hydrogen) atoms. The van der Waals surface area contributed by atoms with E-state index in [1.807, 2.05) is 13.8 Å². The van der Waals surface area contributed by atoms with Crippen LogP contribution in [-0.4, -0.2) is 24.3 Å². The lowest BCUT2D eigenvalue weighted by Crippen LogP contribution is -2.43. The minimum absolute atomic E-state index is 0.165. The van der Waals surface area contributed by atoms with Crippen molar-refractivity contribution in [2.45, 2.75) is 47.5 Å². The first-order chi connectivity index (χ1) is 11.3. The molecular weight excluding hydrogens is 308 g/mol. The van der Waals surface area contributed by atoms with Crippen LogP contribution in [0.5, 0.6) is 5.75 Å². The van der Waals surface area contributed by atoms with Crippen molar-refractivity contribution in [3.05, 3.63) is 29.8 Å². The number of hydrogen-bond donors (Lipinski definition) is 0. The Morgan fingerprint density at radius 3 is 2.12 bits per heavy atom. The molecule has 0 aliphatic heterocycles. The SMILES string of the molecule is CCC(CC)(C(=O)OCC(C)C)C(=O)Oc1ccccc1C(C)=O. The summed E-state index contributed by atoms with van der Waals surface area (Å²) in [4.78, 5) is 36.9. The van der Waals surface area contributed by atoms with E-state index >= 15 is 0 Å². The number of benzene rings is 1. The third kappa shape index (κ3) is 4.43. The molecular formula is C19H26O5. The molecule has 0 heterocycles. The van der Waals surface area contributed by atoms with Gasteiger partial charge in [0.25, 0.3) is 0 Å². The third-order valence-corrected chi connectivity index (χ3v) is 4.01. The van der Waals surface area contributed by atoms with Crippen LogP contribution >= 0.6 is 0 Å². The summed E-state index contributed by atoms with van der Waals surface area (Å²) in [7, 11) is 0. The van der Waals surface area contributed by atoms with E-state index in [1.54, 1.807) is 38.1 Å². The second-order valence-corrected chi connectivity index (χ2v) is 6.22. The summed E-state index contributed by atoms with van der Waals surface area (Å²) in [6, 6.07) is 6.50. The number of rotatable bonds is 8. The summed E-state index contributed by atoms with van der Waals surface area (Å²) in [5.41, 5.74) is -1.05. The molecule has 0 fully saturated rings. The zero-order valence-corrected chi connectivity index (χ0v) is 15.0. The van der Waals surface area contributed by atoms with Crippen molar-refractivity contribution in [2.24, 2.45) is 11.3 Å². The number of carbonyl (C=O) groups excluding carboxylic acids is 3. The summed E-state index contributed by atoms with van der Waals surface area (Å²) in [5, 5.41) is 0. The van der Waals surface area contributed by atoms with E-state index < -0.39 is 17.4 Å². The maximum Gasteiger partial charge on any atom is 0.328 e. The Morgan fingerprint density at radius 2 is 1.62 bits per heavy atom. The lowest BCUT2D eigenvalue weighted by atomic mass is 9.82. The van der Waals surface area contributed by atoms with E-state index in [4.69, 9.17) is 9.47 Å². The number of Topliss-reactive ketones (excluding diaryl/α,β-unsaturated/α-hetero) is 1. The molecule has 0 radical (unpaired) electrons. The lowest BCUT2D eigenvalue weighted by molar-refractivity contribution is -0.168. The van der Waals surface area contributed by atoms with Crippen LogP contribution in [0.3, 0.4) is 0 Å². The van der Waals surface area contributed by atoms with Crippen molar-refractivity contribution < 1.29 is 23.9 Å². The Labute approximate surface area is 143 Å². The number of ketones is 1. The molecule has 0 aliphatic carbocycles. The van der Waals surface area contributed by atoms with Gasteiger partial charge in [-0.2, -0.15) is 0 Å². The molecule has 0 saturated heterocycles. The van der Waals surface area contributed by atoms with E-state index in [-0.39, 0.29) is 36.9 Å². The van der Waals surface area contributed by atoms with Crippen LogP contribution in [0.1, 0.15) is 57.8 Å². The topological polar surface area (TPSA) is 69.7 Å². The number of carbonyl (C=O) groups is 3. The van der Waals surface area contributed by atoms with Crippen LogP contribution in [-0.2, 0) is 14.3 Å². The van der Waals surface area contributed by atoms with Crippen LogP contribution in [0.25, 0.3) is 0 Å². The monoisotopic (exact) mass is 334 g/mol. The second kappa shape index (κ2) is 8.62. The smallest absolute Gasteiger partial charge is 0.328 e. The molecule has 1 aromatic rings. The van der Waals surface area contributed by atoms with Gasteiger partial charge in [0.2, 0.25) is 0 Å². The van der Waals surface area contributed by atoms with E-state index in [0.29, 0.717) is 5.56 Å². The quantitative estimate of drug-likeness (QED) is 0.313. The van der Waals surface area contributed by atoms with Crippen molar-refractivity contribution in [2.75, 3.05) is 6.61 Å². The molecule has 0 bridgehead atoms. The summed E-state index contributed by atoms with van der Waals surface area (Å²) in [6.45, 7) is 8.99. The number of esters is 2. The highest BCUT2D eigenvalue weighted by Gasteiger charge is 2.46. The minimum atomic E-state index is -1.36. The first kappa shape index (κ1) is 19.9. The van der Waals surface area contributed by atoms with Crippen LogP contribution in [0.2, 0.25) is 0 Å². The van der Waals surface area contributed by atoms with Gasteiger partial charge in [-0.1, -0.05) is 39.8 Å². The van der Waals surface area contributed by atoms with Gasteiger partial charge in [-0.05, 0) is 37.8 Å². The third-order valence-electron chi connectivity index (χ3n) is 4.01. The molecule has 0 aliphatic rings. The first-order valence-electron chi connectivity index (χ1n) is 8.28. The van der Waals surface area contributed by atoms with Crippen molar-refractivity contribution in [3.63, 3.8) is 0 Å². The van der Waals surface area contributed by atoms with Gasteiger partial charge in [0.1, 0.15) is 5.75 Å². The predicted molar refractivity (Wildman–Crippen MR) is 90.9 cm³/mol. The Balaban J connectivity index is 3.07. The summed E-state index contributed by atoms with van der Waals surface area (Å²) in [5.74, 6) is -1.13. The van der Waals surface area contributed by atoms with Gasteiger partial charge in [-0.3, -0.25) is 14.4 Å². The van der Waals surface area contributed by atoms with Gasteiger partial charge >= 0.3 is 11.9 Å². The summed E-state index contributed by atoms with van der Waals surface area (Å²) >= 11 is 0. The van der Waals surface area contributed by atoms with E-state index in [0.717, 1.165) is 0 Å². The van der Waals surface area contributed by atoms with Crippen molar-refractivity contribution in [1.29, 1.82) is 0 Å². The molecule has 0 saturated carbocycles. The number of para-hydroxylation sites is 1. The number of hydrogen-bond acceptors (Lipinski definition) is 5. The standard InChI is InChI=1S/C19H26O5/c1-6-19(7-2,17(21)23-12-13(3)4)18(22)24-16-11-9-8-10-15(16)14(5)20/h8-11,13H,6-7,12H2,1-5H3. The molecule has 5 heteroatoms. The molecule has 0 aromatic heterocycles. The average molecular weight is 334 g/mol. The maximum absolute atomic E-state index is 12.7. The Morgan fingerprint density at radius 1 is 1.04 bits per heavy atom. The van der Waals surface area contributed by atoms with Gasteiger partial charge < -0.3 is 9.47 Å². The Bertz CT molecular complexity index is 600. The zero-order valence-electron chi connectivity index (χ0n) is 15.0. The van der Waals surface area contributed by atoms with E-state index in [1.165, 1.54) is 6.92 Å². The fourth-order valence-electron chi connectivity index (χ4n) is 2.34. The maximum atomic E-state index is 12.7. The van der Waals surface area contributed by atoms with Crippen molar-refractivity contribution >= 4 is 17.7 Å². The molecule has 1 rings (SSSR count). The van der Waals surface area contributed by atoms with Gasteiger partial charge in [-0.15, -0.1) is 0 Å². The summed E-state index contributed by atoms with van der Waals surface area (Å²) < 4.78 is 10.7. The molecule has 0 unspecified atom stereocenters. The van der Waals surface area contributed by atoms with E-state index in [2.05, 4.69) is 0 Å². The zero-order chi connectivity index (χ0) is 18.3. The van der Waals surface area contributed by atoms with Crippen LogP contribution in [0, 0.1) is 11.3 Å². The van der Waals surface area contributed by atoms with E-state index in [9.17, 15) is 14.4 Å². The minimum Gasteiger partial charge on any atom is -0.465 e. The Kier molecular flexibility index (Phi) is 7.14. The van der Waals surface area contributed by atoms with Crippen molar-refractivity contribution in [1.82, 2.24) is 0 Å². The second-order valence-electron chi connectivity index (χ2n) is 6.22. The first-order valence-corrected chi connectivity index (χ1v) is 8.28. The van der Waals surface area contributed by atoms with Gasteiger partial charge in [-0.25, -0.2) is 0 Å². The molecule has 0 amide bonds. The number of ether oxygens (including phenoxy) is 2. The van der Waals surface area contributed by atoms with Gasteiger partial charge in [0.15, 0.2) is 11.2 Å². The average Bonchev–Trinajstić information content (AvgIpc) is 2.54. The lowest BCUT2D eigenvalue weighted by Gasteiger charge is -2.27. The van der Waals surface area contributed by atoms with Crippen LogP contribution in [0.4, 0.5) is 0 Å². The van der Waals surface area contributed by atoms with Gasteiger partial charge in [0, 0.05) is 0 Å². The van der Waals surface area contributed by atoms with Gasteiger partial charge in [0.05, 0.1) is 12.2 Å². The Hall–Kier alpha value is -2.17. The molecule has 5 nitrogen and oxygen atoms in total. The van der Waals surface area contributed by atoms with Crippen LogP contribution in [0.15, 0.2) is 24.3 Å². The fraction of sp³-hybridized carbons (Fsp3) is 0.526. The van der Waals surface area contributed by atoms with Crippen LogP contribution < -0.4 is 4.74 Å². The highest BCUT2D eigenvalue weighted by atomic mass is 16.6. The molecule has 0 N–H and O–H groups in total. The highest BCUT2D eigenvalue weighted by molar-refractivity contribution is 6.02. The van der Waals surface area contributed by atoms with Crippen molar-refractivity contribution in [3.8, 4) is 5.75 Å². The molecule has 0 spiro atoms. The summed E-state index contributed by atoms with van der Waals surface area (Å²) in [6.07, 6.45) is 0.531. The molecule has 132 valence electrons. The fourth-order valence-corrected chi connectivity index (χ4v) is 2.34. The highest BCUT2D eigenvalue weighted by Crippen LogP contribution is 2.32. The molecule has 0 atom stereocenters. The predicted octanol–water partition coefficient (Wildman–Crippen LogP) is 3.80. The molecule has 1 aromatic carbocycles.